The lowest BCUT2D eigenvalue weighted by molar-refractivity contribution is -0.135. The van der Waals surface area contributed by atoms with Crippen molar-refractivity contribution in [1.29, 1.82) is 0 Å². The van der Waals surface area contributed by atoms with Crippen molar-refractivity contribution in [1.82, 2.24) is 0 Å². The Bertz CT molecular complexity index is 905. The number of aliphatic hydroxyl groups excluding tert-OH is 1. The van der Waals surface area contributed by atoms with Gasteiger partial charge in [0.1, 0.15) is 22.8 Å². The van der Waals surface area contributed by atoms with Gasteiger partial charge in [0, 0.05) is 16.7 Å². The van der Waals surface area contributed by atoms with E-state index in [1.807, 2.05) is 12.1 Å². The van der Waals surface area contributed by atoms with Crippen LogP contribution in [0.1, 0.15) is 12.7 Å². The summed E-state index contributed by atoms with van der Waals surface area (Å²) in [6.45, 7) is 1.63. The van der Waals surface area contributed by atoms with E-state index in [9.17, 15) is 9.90 Å². The van der Waals surface area contributed by atoms with Gasteiger partial charge in [0.05, 0.1) is 12.8 Å². The molecule has 0 saturated carbocycles. The molecule has 1 N–H and O–H groups in total. The van der Waals surface area contributed by atoms with Crippen LogP contribution in [0.25, 0.3) is 17.4 Å². The Labute approximate surface area is 143 Å². The number of rotatable bonds is 3. The highest BCUT2D eigenvalue weighted by Gasteiger charge is 2.27. The largest absolute Gasteiger partial charge is 0.505 e. The van der Waals surface area contributed by atoms with Gasteiger partial charge in [-0.05, 0) is 31.2 Å². The summed E-state index contributed by atoms with van der Waals surface area (Å²) >= 11 is 5.98. The number of methoxy groups -OCH3 is 1. The van der Waals surface area contributed by atoms with Crippen LogP contribution in [-0.2, 0) is 9.53 Å². The number of carbonyl (C=O) groups excluding carboxylic acids is 1. The van der Waals surface area contributed by atoms with Crippen LogP contribution < -0.4 is 0 Å². The van der Waals surface area contributed by atoms with Gasteiger partial charge in [-0.2, -0.15) is 0 Å². The van der Waals surface area contributed by atoms with Gasteiger partial charge < -0.3 is 14.3 Å². The van der Waals surface area contributed by atoms with Crippen LogP contribution in [0, 0.1) is 0 Å². The second kappa shape index (κ2) is 6.37. The molecule has 0 bridgehead atoms. The molecule has 0 radical (unpaired) electrons. The normalized spacial score (nSPS) is 15.8. The number of nitrogens with zero attached hydrogens (tertiary/aromatic N) is 1. The van der Waals surface area contributed by atoms with Crippen LogP contribution in [0.3, 0.4) is 0 Å². The molecule has 0 aliphatic carbocycles. The minimum atomic E-state index is -0.629. The predicted molar refractivity (Wildman–Crippen MR) is 91.9 cm³/mol. The minimum Gasteiger partial charge on any atom is -0.505 e. The van der Waals surface area contributed by atoms with Crippen molar-refractivity contribution in [3.63, 3.8) is 0 Å². The quantitative estimate of drug-likeness (QED) is 0.838. The van der Waals surface area contributed by atoms with Gasteiger partial charge in [0.25, 0.3) is 0 Å². The molecule has 122 valence electrons. The lowest BCUT2D eigenvalue weighted by Crippen LogP contribution is -2.11. The molecule has 6 heteroatoms. The third kappa shape index (κ3) is 2.98. The Morgan fingerprint density at radius 2 is 2.12 bits per heavy atom. The third-order valence-corrected chi connectivity index (χ3v) is 3.77. The van der Waals surface area contributed by atoms with Crippen LogP contribution >= 0.6 is 11.6 Å². The van der Waals surface area contributed by atoms with Gasteiger partial charge in [0.15, 0.2) is 5.76 Å². The van der Waals surface area contributed by atoms with E-state index < -0.39 is 5.97 Å². The molecule has 24 heavy (non-hydrogen) atoms. The second-order valence-corrected chi connectivity index (χ2v) is 5.59. The minimum absolute atomic E-state index is 0.0605. The molecular weight excluding hydrogens is 330 g/mol. The average Bonchev–Trinajstić information content (AvgIpc) is 3.12. The van der Waals surface area contributed by atoms with Crippen LogP contribution in [0.4, 0.5) is 0 Å². The molecule has 1 aliphatic rings. The molecule has 1 aromatic heterocycles. The first-order valence-corrected chi connectivity index (χ1v) is 7.52. The number of furan rings is 1. The molecule has 0 atom stereocenters. The number of ether oxygens (including phenoxy) is 1. The van der Waals surface area contributed by atoms with E-state index in [4.69, 9.17) is 16.0 Å². The lowest BCUT2D eigenvalue weighted by atomic mass is 10.1. The fourth-order valence-corrected chi connectivity index (χ4v) is 2.59. The van der Waals surface area contributed by atoms with Crippen LogP contribution in [0.2, 0.25) is 5.02 Å². The van der Waals surface area contributed by atoms with Gasteiger partial charge >= 0.3 is 5.97 Å². The zero-order valence-corrected chi connectivity index (χ0v) is 13.8. The Hall–Kier alpha value is -2.79. The topological polar surface area (TPSA) is 72.0 Å². The molecule has 0 spiro atoms. The van der Waals surface area contributed by atoms with Crippen molar-refractivity contribution in [2.45, 2.75) is 6.92 Å². The molecule has 1 aliphatic heterocycles. The molecule has 0 unspecified atom stereocenters. The summed E-state index contributed by atoms with van der Waals surface area (Å²) in [5.74, 6) is 0.283. The van der Waals surface area contributed by atoms with E-state index >= 15 is 0 Å². The first-order valence-electron chi connectivity index (χ1n) is 7.14. The maximum atomic E-state index is 11.7. The average molecular weight is 344 g/mol. The summed E-state index contributed by atoms with van der Waals surface area (Å²) in [5.41, 5.74) is 1.55. The number of aliphatic imine (C=N–C) groups is 1. The van der Waals surface area contributed by atoms with Crippen molar-refractivity contribution in [3.05, 3.63) is 64.2 Å². The molecule has 0 saturated heterocycles. The van der Waals surface area contributed by atoms with E-state index in [-0.39, 0.29) is 17.0 Å². The number of benzene rings is 1. The van der Waals surface area contributed by atoms with Crippen molar-refractivity contribution in [3.8, 4) is 11.3 Å². The molecule has 2 heterocycles. The molecular formula is C18H14ClNO4. The summed E-state index contributed by atoms with van der Waals surface area (Å²) in [7, 11) is 1.25. The van der Waals surface area contributed by atoms with E-state index in [1.165, 1.54) is 7.11 Å². The Balaban J connectivity index is 1.94. The van der Waals surface area contributed by atoms with E-state index in [0.29, 0.717) is 22.3 Å². The Morgan fingerprint density at radius 1 is 1.33 bits per heavy atom. The van der Waals surface area contributed by atoms with Gasteiger partial charge in [-0.3, -0.25) is 0 Å². The highest BCUT2D eigenvalue weighted by molar-refractivity contribution is 6.30. The van der Waals surface area contributed by atoms with Crippen molar-refractivity contribution >= 4 is 29.4 Å². The third-order valence-electron chi connectivity index (χ3n) is 3.53. The summed E-state index contributed by atoms with van der Waals surface area (Å²) in [6.07, 6.45) is 1.56. The fraction of sp³-hybridized carbons (Fsp3) is 0.111. The highest BCUT2D eigenvalue weighted by Crippen LogP contribution is 2.29. The molecule has 2 aromatic rings. The summed E-state index contributed by atoms with van der Waals surface area (Å²) in [5, 5.41) is 10.8. The number of halogens is 1. The molecule has 3 rings (SSSR count). The van der Waals surface area contributed by atoms with Crippen molar-refractivity contribution in [2.75, 3.05) is 7.11 Å². The van der Waals surface area contributed by atoms with E-state index in [0.717, 1.165) is 5.56 Å². The maximum absolute atomic E-state index is 11.7. The monoisotopic (exact) mass is 343 g/mol. The highest BCUT2D eigenvalue weighted by atomic mass is 35.5. The number of aliphatic hydroxyl groups is 1. The van der Waals surface area contributed by atoms with Crippen molar-refractivity contribution < 1.29 is 19.1 Å². The van der Waals surface area contributed by atoms with Gasteiger partial charge in [-0.1, -0.05) is 23.7 Å². The van der Waals surface area contributed by atoms with Gasteiger partial charge in [-0.15, -0.1) is 0 Å². The van der Waals surface area contributed by atoms with Crippen LogP contribution in [-0.4, -0.2) is 23.9 Å². The standard InChI is InChI=1S/C18H14ClNO4/c1-10-16(18(22)23-2)17(21)14(20-10)9-13-6-7-15(24-13)11-4-3-5-12(19)8-11/h3-9,21H,1-2H3. The van der Waals surface area contributed by atoms with Gasteiger partial charge in [-0.25, -0.2) is 9.79 Å². The maximum Gasteiger partial charge on any atom is 0.343 e. The number of esters is 1. The first-order chi connectivity index (χ1) is 11.5. The summed E-state index contributed by atoms with van der Waals surface area (Å²) in [6, 6.07) is 10.8. The fourth-order valence-electron chi connectivity index (χ4n) is 2.40. The zero-order chi connectivity index (χ0) is 17.3. The lowest BCUT2D eigenvalue weighted by Gasteiger charge is -2.00. The smallest absolute Gasteiger partial charge is 0.343 e. The zero-order valence-electron chi connectivity index (χ0n) is 13.0. The number of hydrogen-bond acceptors (Lipinski definition) is 5. The van der Waals surface area contributed by atoms with E-state index in [1.54, 1.807) is 37.3 Å². The van der Waals surface area contributed by atoms with Gasteiger partial charge in [0.2, 0.25) is 0 Å². The van der Waals surface area contributed by atoms with E-state index in [2.05, 4.69) is 9.73 Å². The SMILES string of the molecule is COC(=O)C1=C(O)C(=Cc2ccc(-c3cccc(Cl)c3)o2)N=C1C. The molecule has 5 nitrogen and oxygen atoms in total. The predicted octanol–water partition coefficient (Wildman–Crippen LogP) is 4.40. The number of carbonyl (C=O) groups is 1. The summed E-state index contributed by atoms with van der Waals surface area (Å²) in [4.78, 5) is 15.9. The Kier molecular flexibility index (Phi) is 4.27. The summed E-state index contributed by atoms with van der Waals surface area (Å²) < 4.78 is 10.4. The molecule has 1 aromatic carbocycles. The van der Waals surface area contributed by atoms with Crippen LogP contribution in [0.15, 0.2) is 62.8 Å². The first kappa shape index (κ1) is 16.1. The van der Waals surface area contributed by atoms with Crippen LogP contribution in [0.5, 0.6) is 0 Å². The second-order valence-electron chi connectivity index (χ2n) is 5.15. The van der Waals surface area contributed by atoms with Crippen molar-refractivity contribution in [2.24, 2.45) is 4.99 Å². The number of hydrogen-bond donors (Lipinski definition) is 1. The Morgan fingerprint density at radius 3 is 2.83 bits per heavy atom. The molecule has 0 fully saturated rings. The molecule has 0 amide bonds.